The van der Waals surface area contributed by atoms with Gasteiger partial charge in [0.15, 0.2) is 0 Å². The molecule has 0 spiro atoms. The second-order valence-electron chi connectivity index (χ2n) is 7.32. The van der Waals surface area contributed by atoms with Crippen LogP contribution >= 0.6 is 0 Å². The number of furan rings is 1. The molecule has 31 heavy (non-hydrogen) atoms. The highest BCUT2D eigenvalue weighted by atomic mass is 16.3. The van der Waals surface area contributed by atoms with Crippen molar-refractivity contribution in [2.75, 3.05) is 18.0 Å². The predicted octanol–water partition coefficient (Wildman–Crippen LogP) is 3.23. The van der Waals surface area contributed by atoms with Gasteiger partial charge >= 0.3 is 0 Å². The van der Waals surface area contributed by atoms with Crippen LogP contribution in [0.3, 0.4) is 0 Å². The summed E-state index contributed by atoms with van der Waals surface area (Å²) in [6, 6.07) is 18.1. The van der Waals surface area contributed by atoms with Gasteiger partial charge in [-0.1, -0.05) is 24.3 Å². The van der Waals surface area contributed by atoms with Crippen molar-refractivity contribution in [2.45, 2.75) is 18.9 Å². The second kappa shape index (κ2) is 9.75. The molecule has 1 aliphatic rings. The first-order chi connectivity index (χ1) is 15.2. The summed E-state index contributed by atoms with van der Waals surface area (Å²) in [7, 11) is 0. The molecule has 0 radical (unpaired) electrons. The minimum absolute atomic E-state index is 0.0149. The molecule has 7 nitrogen and oxygen atoms in total. The van der Waals surface area contributed by atoms with E-state index in [9.17, 15) is 9.59 Å². The minimum Gasteiger partial charge on any atom is -0.465 e. The molecule has 0 atom stereocenters. The standard InChI is InChI=1S/C24H24N4O3/c29-23(18-7-2-1-3-8-18)27-21(17-20-9-6-16-31-20)24(30)26-19-11-14-28(15-12-19)22-10-4-5-13-25-22/h1-10,13,16-17,19H,11-12,14-15H2,(H,26,30)(H,27,29)/b21-17-. The van der Waals surface area contributed by atoms with Crippen molar-refractivity contribution in [3.05, 3.63) is 90.1 Å². The van der Waals surface area contributed by atoms with Crippen molar-refractivity contribution in [2.24, 2.45) is 0 Å². The number of nitrogens with zero attached hydrogens (tertiary/aromatic N) is 2. The normalized spacial score (nSPS) is 14.8. The quantitative estimate of drug-likeness (QED) is 0.603. The number of piperidine rings is 1. The van der Waals surface area contributed by atoms with Crippen LogP contribution in [0.25, 0.3) is 6.08 Å². The zero-order chi connectivity index (χ0) is 21.5. The first-order valence-electron chi connectivity index (χ1n) is 10.3. The summed E-state index contributed by atoms with van der Waals surface area (Å²) >= 11 is 0. The fourth-order valence-electron chi connectivity index (χ4n) is 3.51. The third-order valence-electron chi connectivity index (χ3n) is 5.16. The number of amides is 2. The van der Waals surface area contributed by atoms with Gasteiger partial charge in [-0.2, -0.15) is 0 Å². The van der Waals surface area contributed by atoms with Crippen molar-refractivity contribution in [3.8, 4) is 0 Å². The summed E-state index contributed by atoms with van der Waals surface area (Å²) in [5.74, 6) is 0.750. The van der Waals surface area contributed by atoms with Crippen molar-refractivity contribution in [1.82, 2.24) is 15.6 Å². The summed E-state index contributed by atoms with van der Waals surface area (Å²) < 4.78 is 5.33. The molecule has 4 rings (SSSR count). The van der Waals surface area contributed by atoms with Crippen LogP contribution in [0.1, 0.15) is 29.0 Å². The largest absolute Gasteiger partial charge is 0.465 e. The molecule has 1 aliphatic heterocycles. The number of carbonyl (C=O) groups excluding carboxylic acids is 2. The van der Waals surface area contributed by atoms with E-state index in [-0.39, 0.29) is 23.6 Å². The van der Waals surface area contributed by atoms with Gasteiger partial charge in [-0.15, -0.1) is 0 Å². The number of rotatable bonds is 6. The van der Waals surface area contributed by atoms with Gasteiger partial charge in [0, 0.05) is 37.0 Å². The number of nitrogens with one attached hydrogen (secondary N) is 2. The van der Waals surface area contributed by atoms with Gasteiger partial charge in [-0.05, 0) is 49.2 Å². The summed E-state index contributed by atoms with van der Waals surface area (Å²) in [6.45, 7) is 1.60. The molecule has 158 valence electrons. The lowest BCUT2D eigenvalue weighted by atomic mass is 10.0. The molecule has 0 unspecified atom stereocenters. The van der Waals surface area contributed by atoms with E-state index < -0.39 is 0 Å². The van der Waals surface area contributed by atoms with Crippen LogP contribution in [0.5, 0.6) is 0 Å². The Hall–Kier alpha value is -3.87. The summed E-state index contributed by atoms with van der Waals surface area (Å²) in [5.41, 5.74) is 0.625. The van der Waals surface area contributed by atoms with Gasteiger partial charge in [-0.3, -0.25) is 9.59 Å². The molecular weight excluding hydrogens is 392 g/mol. The number of carbonyl (C=O) groups is 2. The molecule has 7 heteroatoms. The van der Waals surface area contributed by atoms with Crippen LogP contribution in [0.4, 0.5) is 5.82 Å². The molecule has 3 heterocycles. The third-order valence-corrected chi connectivity index (χ3v) is 5.16. The molecular formula is C24H24N4O3. The lowest BCUT2D eigenvalue weighted by molar-refractivity contribution is -0.118. The average molecular weight is 416 g/mol. The van der Waals surface area contributed by atoms with Crippen LogP contribution in [0.15, 0.2) is 83.2 Å². The summed E-state index contributed by atoms with van der Waals surface area (Å²) in [6.07, 6.45) is 6.43. The highest BCUT2D eigenvalue weighted by Gasteiger charge is 2.23. The Kier molecular flexibility index (Phi) is 6.42. The molecule has 1 aromatic carbocycles. The van der Waals surface area contributed by atoms with Gasteiger partial charge in [-0.25, -0.2) is 4.98 Å². The van der Waals surface area contributed by atoms with E-state index in [2.05, 4.69) is 20.5 Å². The van der Waals surface area contributed by atoms with Crippen molar-refractivity contribution >= 4 is 23.7 Å². The van der Waals surface area contributed by atoms with Crippen LogP contribution in [0, 0.1) is 0 Å². The Morgan fingerprint density at radius 1 is 1.00 bits per heavy atom. The Balaban J connectivity index is 1.41. The van der Waals surface area contributed by atoms with E-state index in [1.165, 1.54) is 6.26 Å². The zero-order valence-electron chi connectivity index (χ0n) is 17.0. The highest BCUT2D eigenvalue weighted by molar-refractivity contribution is 6.05. The van der Waals surface area contributed by atoms with E-state index in [1.807, 2.05) is 24.3 Å². The number of pyridine rings is 1. The minimum atomic E-state index is -0.349. The molecule has 2 aromatic heterocycles. The molecule has 1 saturated heterocycles. The fourth-order valence-corrected chi connectivity index (χ4v) is 3.51. The van der Waals surface area contributed by atoms with Gasteiger partial charge < -0.3 is 20.0 Å². The van der Waals surface area contributed by atoms with E-state index in [0.717, 1.165) is 31.7 Å². The Morgan fingerprint density at radius 3 is 2.45 bits per heavy atom. The first-order valence-corrected chi connectivity index (χ1v) is 10.3. The lowest BCUT2D eigenvalue weighted by Gasteiger charge is -2.33. The van der Waals surface area contributed by atoms with E-state index in [1.54, 1.807) is 48.7 Å². The second-order valence-corrected chi connectivity index (χ2v) is 7.32. The van der Waals surface area contributed by atoms with Gasteiger partial charge in [0.2, 0.25) is 0 Å². The van der Waals surface area contributed by atoms with E-state index in [0.29, 0.717) is 11.3 Å². The number of anilines is 1. The number of benzene rings is 1. The molecule has 2 amide bonds. The number of hydrogen-bond acceptors (Lipinski definition) is 5. The molecule has 0 saturated carbocycles. The monoisotopic (exact) mass is 416 g/mol. The van der Waals surface area contributed by atoms with Crippen molar-refractivity contribution in [3.63, 3.8) is 0 Å². The maximum absolute atomic E-state index is 13.0. The smallest absolute Gasteiger partial charge is 0.268 e. The van der Waals surface area contributed by atoms with Crippen LogP contribution in [-0.2, 0) is 4.79 Å². The fraction of sp³-hybridized carbons (Fsp3) is 0.208. The van der Waals surface area contributed by atoms with E-state index >= 15 is 0 Å². The van der Waals surface area contributed by atoms with E-state index in [4.69, 9.17) is 4.42 Å². The average Bonchev–Trinajstić information content (AvgIpc) is 3.33. The number of aromatic nitrogens is 1. The van der Waals surface area contributed by atoms with Crippen molar-refractivity contribution < 1.29 is 14.0 Å². The molecule has 3 aromatic rings. The van der Waals surface area contributed by atoms with Crippen molar-refractivity contribution in [1.29, 1.82) is 0 Å². The first kappa shape index (κ1) is 20.4. The Labute approximate surface area is 180 Å². The van der Waals surface area contributed by atoms with Gasteiger partial charge in [0.25, 0.3) is 11.8 Å². The third kappa shape index (κ3) is 5.39. The topological polar surface area (TPSA) is 87.5 Å². The maximum Gasteiger partial charge on any atom is 0.268 e. The SMILES string of the molecule is O=C(NC1CCN(c2ccccn2)CC1)/C(=C/c1ccco1)NC(=O)c1ccccc1. The molecule has 0 aliphatic carbocycles. The lowest BCUT2D eigenvalue weighted by Crippen LogP contribution is -2.46. The van der Waals surface area contributed by atoms with Crippen LogP contribution in [0.2, 0.25) is 0 Å². The van der Waals surface area contributed by atoms with Gasteiger partial charge in [0.1, 0.15) is 17.3 Å². The maximum atomic E-state index is 13.0. The zero-order valence-corrected chi connectivity index (χ0v) is 17.0. The highest BCUT2D eigenvalue weighted by Crippen LogP contribution is 2.18. The Morgan fingerprint density at radius 2 is 1.77 bits per heavy atom. The molecule has 0 bridgehead atoms. The number of hydrogen-bond donors (Lipinski definition) is 2. The molecule has 1 fully saturated rings. The molecule has 2 N–H and O–H groups in total. The van der Waals surface area contributed by atoms with Crippen LogP contribution in [-0.4, -0.2) is 35.9 Å². The van der Waals surface area contributed by atoms with Crippen LogP contribution < -0.4 is 15.5 Å². The Bertz CT molecular complexity index is 1030. The van der Waals surface area contributed by atoms with Gasteiger partial charge in [0.05, 0.1) is 6.26 Å². The summed E-state index contributed by atoms with van der Waals surface area (Å²) in [5, 5.41) is 5.77. The summed E-state index contributed by atoms with van der Waals surface area (Å²) in [4.78, 5) is 32.2. The predicted molar refractivity (Wildman–Crippen MR) is 118 cm³/mol.